The minimum Gasteiger partial charge on any atom is -0.368 e. The molecule has 27 heavy (non-hydrogen) atoms. The molecule has 1 fully saturated rings. The highest BCUT2D eigenvalue weighted by molar-refractivity contribution is 5.51. The quantitative estimate of drug-likeness (QED) is 0.677. The summed E-state index contributed by atoms with van der Waals surface area (Å²) in [7, 11) is 4.87. The first-order chi connectivity index (χ1) is 13.0. The number of rotatable bonds is 5. The lowest BCUT2D eigenvalue weighted by atomic mass is 9.96. The maximum Gasteiger partial charge on any atom is 0.0903 e. The van der Waals surface area contributed by atoms with Gasteiger partial charge in [0.25, 0.3) is 0 Å². The minimum atomic E-state index is 0.600. The van der Waals surface area contributed by atoms with Gasteiger partial charge in [-0.2, -0.15) is 0 Å². The van der Waals surface area contributed by atoms with Crippen LogP contribution in [0.3, 0.4) is 0 Å². The van der Waals surface area contributed by atoms with Crippen molar-refractivity contribution in [2.24, 2.45) is 0 Å². The van der Waals surface area contributed by atoms with Crippen molar-refractivity contribution in [3.8, 4) is 0 Å². The minimum absolute atomic E-state index is 0.600. The second kappa shape index (κ2) is 7.67. The van der Waals surface area contributed by atoms with Crippen LogP contribution in [0.4, 0.5) is 5.69 Å². The second-order valence-electron chi connectivity index (χ2n) is 9.30. The molecule has 1 saturated heterocycles. The molecule has 144 valence electrons. The maximum absolute atomic E-state index is 2.72. The molecule has 0 spiro atoms. The van der Waals surface area contributed by atoms with E-state index in [0.29, 0.717) is 6.04 Å². The molecule has 0 radical (unpaired) electrons. The average Bonchev–Trinajstić information content (AvgIpc) is 3.07. The van der Waals surface area contributed by atoms with Gasteiger partial charge in [-0.1, -0.05) is 36.4 Å². The topological polar surface area (TPSA) is 3.24 Å². The van der Waals surface area contributed by atoms with E-state index in [1.165, 1.54) is 67.3 Å². The molecule has 2 aromatic rings. The summed E-state index contributed by atoms with van der Waals surface area (Å²) in [4.78, 5) is 2.72. The number of benzene rings is 2. The van der Waals surface area contributed by atoms with Crippen molar-refractivity contribution in [1.29, 1.82) is 0 Å². The third kappa shape index (κ3) is 4.06. The molecule has 1 aliphatic carbocycles. The van der Waals surface area contributed by atoms with Crippen molar-refractivity contribution in [3.05, 3.63) is 65.2 Å². The third-order valence-electron chi connectivity index (χ3n) is 7.02. The molecule has 0 amide bonds. The van der Waals surface area contributed by atoms with Gasteiger partial charge in [-0.05, 0) is 67.9 Å². The van der Waals surface area contributed by atoms with Gasteiger partial charge in [0, 0.05) is 24.7 Å². The Kier molecular flexibility index (Phi) is 5.27. The van der Waals surface area contributed by atoms with Crippen molar-refractivity contribution in [2.75, 3.05) is 32.1 Å². The summed E-state index contributed by atoms with van der Waals surface area (Å²) in [5, 5.41) is 0. The number of nitrogens with zero attached hydrogens (tertiary/aromatic N) is 2. The zero-order valence-corrected chi connectivity index (χ0v) is 17.3. The molecular weight excluding hydrogens is 328 g/mol. The number of hydrogen-bond donors (Lipinski definition) is 0. The molecule has 0 bridgehead atoms. The predicted octanol–water partition coefficient (Wildman–Crippen LogP) is 4.99. The number of anilines is 1. The van der Waals surface area contributed by atoms with Crippen LogP contribution < -0.4 is 4.90 Å². The van der Waals surface area contributed by atoms with Crippen LogP contribution in [0, 0.1) is 6.92 Å². The summed E-state index contributed by atoms with van der Waals surface area (Å²) in [5.41, 5.74) is 5.87. The second-order valence-corrected chi connectivity index (χ2v) is 9.30. The number of fused-ring (bicyclic) bond motifs is 1. The number of piperidine rings is 1. The standard InChI is InChI=1S/C25H35N2/c1-20-9-8-12-23(17-20)26(15-14-25-13-6-7-16-27(25,2)3)24-18-21-10-4-5-11-22(21)19-24/h4-5,8-12,17,24-25H,6-7,13-16,18-19H2,1-3H3/q+1. The van der Waals surface area contributed by atoms with Crippen LogP contribution in [-0.4, -0.2) is 43.8 Å². The molecule has 0 saturated carbocycles. The molecule has 2 heteroatoms. The lowest BCUT2D eigenvalue weighted by Gasteiger charge is -2.43. The Labute approximate surface area is 165 Å². The Balaban J connectivity index is 1.54. The fraction of sp³-hybridized carbons (Fsp3) is 0.520. The van der Waals surface area contributed by atoms with Crippen LogP contribution in [0.15, 0.2) is 48.5 Å². The summed E-state index contributed by atoms with van der Waals surface area (Å²) in [6, 6.07) is 19.6. The average molecular weight is 364 g/mol. The molecule has 1 aliphatic heterocycles. The first-order valence-electron chi connectivity index (χ1n) is 10.8. The first-order valence-corrected chi connectivity index (χ1v) is 10.8. The first kappa shape index (κ1) is 18.6. The summed E-state index contributed by atoms with van der Waals surface area (Å²) >= 11 is 0. The molecule has 1 heterocycles. The van der Waals surface area contributed by atoms with Gasteiger partial charge in [-0.25, -0.2) is 0 Å². The zero-order chi connectivity index (χ0) is 18.9. The van der Waals surface area contributed by atoms with E-state index in [4.69, 9.17) is 0 Å². The molecular formula is C25H35N2+. The van der Waals surface area contributed by atoms with Crippen molar-refractivity contribution in [2.45, 2.75) is 57.5 Å². The van der Waals surface area contributed by atoms with Gasteiger partial charge in [-0.15, -0.1) is 0 Å². The lowest BCUT2D eigenvalue weighted by molar-refractivity contribution is -0.920. The molecule has 2 aliphatic rings. The van der Waals surface area contributed by atoms with Crippen molar-refractivity contribution >= 4 is 5.69 Å². The van der Waals surface area contributed by atoms with Crippen LogP contribution in [0.1, 0.15) is 42.4 Å². The molecule has 1 unspecified atom stereocenters. The third-order valence-corrected chi connectivity index (χ3v) is 7.02. The summed E-state index contributed by atoms with van der Waals surface area (Å²) < 4.78 is 1.20. The van der Waals surface area contributed by atoms with Gasteiger partial charge in [0.05, 0.1) is 26.7 Å². The summed E-state index contributed by atoms with van der Waals surface area (Å²) in [6.07, 6.45) is 7.86. The van der Waals surface area contributed by atoms with E-state index in [2.05, 4.69) is 74.4 Å². The van der Waals surface area contributed by atoms with Crippen LogP contribution >= 0.6 is 0 Å². The van der Waals surface area contributed by atoms with Gasteiger partial charge >= 0.3 is 0 Å². The highest BCUT2D eigenvalue weighted by Gasteiger charge is 2.33. The Bertz CT molecular complexity index is 754. The van der Waals surface area contributed by atoms with E-state index in [1.54, 1.807) is 11.1 Å². The largest absolute Gasteiger partial charge is 0.368 e. The van der Waals surface area contributed by atoms with Gasteiger partial charge in [0.1, 0.15) is 0 Å². The van der Waals surface area contributed by atoms with Crippen LogP contribution in [-0.2, 0) is 12.8 Å². The molecule has 4 rings (SSSR count). The molecule has 1 atom stereocenters. The van der Waals surface area contributed by atoms with E-state index in [1.807, 2.05) is 0 Å². The number of likely N-dealkylation sites (tertiary alicyclic amines) is 1. The predicted molar refractivity (Wildman–Crippen MR) is 115 cm³/mol. The fourth-order valence-corrected chi connectivity index (χ4v) is 5.30. The highest BCUT2D eigenvalue weighted by Crippen LogP contribution is 2.31. The fourth-order valence-electron chi connectivity index (χ4n) is 5.30. The van der Waals surface area contributed by atoms with Crippen molar-refractivity contribution < 1.29 is 4.48 Å². The molecule has 2 aromatic carbocycles. The van der Waals surface area contributed by atoms with Crippen LogP contribution in [0.25, 0.3) is 0 Å². The molecule has 0 N–H and O–H groups in total. The Hall–Kier alpha value is -1.80. The highest BCUT2D eigenvalue weighted by atomic mass is 15.3. The van der Waals surface area contributed by atoms with Gasteiger partial charge < -0.3 is 9.38 Å². The SMILES string of the molecule is Cc1cccc(N(CCC2CCCC[N+]2(C)C)C2Cc3ccccc3C2)c1. The number of quaternary nitrogens is 1. The summed E-state index contributed by atoms with van der Waals surface area (Å²) in [5.74, 6) is 0. The van der Waals surface area contributed by atoms with Crippen LogP contribution in [0.2, 0.25) is 0 Å². The van der Waals surface area contributed by atoms with Gasteiger partial charge in [0.2, 0.25) is 0 Å². The van der Waals surface area contributed by atoms with E-state index < -0.39 is 0 Å². The monoisotopic (exact) mass is 363 g/mol. The van der Waals surface area contributed by atoms with E-state index in [-0.39, 0.29) is 0 Å². The number of hydrogen-bond acceptors (Lipinski definition) is 1. The van der Waals surface area contributed by atoms with E-state index >= 15 is 0 Å². The number of aryl methyl sites for hydroxylation is 1. The Morgan fingerprint density at radius 2 is 1.70 bits per heavy atom. The normalized spacial score (nSPS) is 21.8. The van der Waals surface area contributed by atoms with Gasteiger partial charge in [0.15, 0.2) is 0 Å². The molecule has 0 aromatic heterocycles. The maximum atomic E-state index is 2.72. The van der Waals surface area contributed by atoms with Gasteiger partial charge in [-0.3, -0.25) is 0 Å². The molecule has 2 nitrogen and oxygen atoms in total. The van der Waals surface area contributed by atoms with E-state index in [9.17, 15) is 0 Å². The smallest absolute Gasteiger partial charge is 0.0903 e. The summed E-state index contributed by atoms with van der Waals surface area (Å²) in [6.45, 7) is 4.73. The Morgan fingerprint density at radius 1 is 0.963 bits per heavy atom. The van der Waals surface area contributed by atoms with Crippen LogP contribution in [0.5, 0.6) is 0 Å². The lowest BCUT2D eigenvalue weighted by Crippen LogP contribution is -2.53. The Morgan fingerprint density at radius 3 is 2.37 bits per heavy atom. The van der Waals surface area contributed by atoms with E-state index in [0.717, 1.165) is 6.04 Å². The van der Waals surface area contributed by atoms with Crippen molar-refractivity contribution in [1.82, 2.24) is 0 Å². The zero-order valence-electron chi connectivity index (χ0n) is 17.3. The van der Waals surface area contributed by atoms with Crippen molar-refractivity contribution in [3.63, 3.8) is 0 Å².